The van der Waals surface area contributed by atoms with Gasteiger partial charge in [0.25, 0.3) is 5.91 Å². The molecule has 3 aromatic rings. The molecule has 7 nitrogen and oxygen atoms in total. The van der Waals surface area contributed by atoms with E-state index in [1.54, 1.807) is 12.1 Å². The number of ketones is 1. The molecule has 7 heteroatoms. The van der Waals surface area contributed by atoms with Crippen molar-refractivity contribution in [2.75, 3.05) is 17.6 Å². The van der Waals surface area contributed by atoms with Crippen LogP contribution >= 0.6 is 0 Å². The van der Waals surface area contributed by atoms with Crippen molar-refractivity contribution in [3.8, 4) is 5.69 Å². The third-order valence-electron chi connectivity index (χ3n) is 5.97. The number of fused-ring (bicyclic) bond motifs is 1. The number of benzene rings is 2. The van der Waals surface area contributed by atoms with E-state index in [1.807, 2.05) is 31.2 Å². The number of amides is 1. The lowest BCUT2D eigenvalue weighted by molar-refractivity contribution is 0.0950. The molecule has 1 amide bonds. The predicted octanol–water partition coefficient (Wildman–Crippen LogP) is 3.24. The van der Waals surface area contributed by atoms with Gasteiger partial charge in [-0.15, -0.1) is 0 Å². The summed E-state index contributed by atoms with van der Waals surface area (Å²) in [5, 5.41) is 10.7. The Morgan fingerprint density at radius 1 is 1.16 bits per heavy atom. The van der Waals surface area contributed by atoms with Gasteiger partial charge in [0.05, 0.1) is 17.4 Å². The van der Waals surface area contributed by atoms with Gasteiger partial charge in [-0.2, -0.15) is 5.10 Å². The van der Waals surface area contributed by atoms with Crippen LogP contribution in [0.25, 0.3) is 5.69 Å². The second-order valence-corrected chi connectivity index (χ2v) is 8.34. The van der Waals surface area contributed by atoms with Crippen LogP contribution in [0.2, 0.25) is 0 Å². The van der Waals surface area contributed by atoms with Crippen LogP contribution in [0, 0.1) is 6.92 Å². The van der Waals surface area contributed by atoms with Gasteiger partial charge in [-0.3, -0.25) is 9.59 Å². The fourth-order valence-corrected chi connectivity index (χ4v) is 3.96. The zero-order chi connectivity index (χ0) is 21.5. The number of nitrogens with one attached hydrogen (secondary N) is 2. The number of carbonyl (C=O) groups excluding carboxylic acids is 2. The Morgan fingerprint density at radius 3 is 2.77 bits per heavy atom. The molecule has 31 heavy (non-hydrogen) atoms. The molecule has 1 aromatic heterocycles. The van der Waals surface area contributed by atoms with Crippen molar-refractivity contribution < 1.29 is 9.59 Å². The fraction of sp³-hybridized carbons (Fsp3) is 0.292. The first-order chi connectivity index (χ1) is 15.0. The number of rotatable bonds is 5. The first kappa shape index (κ1) is 19.4. The zero-order valence-electron chi connectivity index (χ0n) is 17.4. The van der Waals surface area contributed by atoms with E-state index in [1.165, 1.54) is 16.4 Å². The van der Waals surface area contributed by atoms with Crippen molar-refractivity contribution >= 4 is 23.2 Å². The number of hydrogen-bond acceptors (Lipinski definition) is 5. The molecule has 0 saturated heterocycles. The molecule has 0 spiro atoms. The number of nitrogens with two attached hydrogens (primary N) is 1. The molecule has 0 unspecified atom stereocenters. The van der Waals surface area contributed by atoms with Crippen molar-refractivity contribution in [3.05, 3.63) is 70.4 Å². The summed E-state index contributed by atoms with van der Waals surface area (Å²) >= 11 is 0. The Bertz CT molecular complexity index is 1190. The Labute approximate surface area is 180 Å². The van der Waals surface area contributed by atoms with Gasteiger partial charge in [0.2, 0.25) is 0 Å². The minimum absolute atomic E-state index is 0.104. The summed E-state index contributed by atoms with van der Waals surface area (Å²) in [7, 11) is 0. The third kappa shape index (κ3) is 3.67. The quantitative estimate of drug-likeness (QED) is 0.555. The Kier molecular flexibility index (Phi) is 4.73. The molecule has 0 atom stereocenters. The number of nitrogen functional groups attached to an aromatic ring is 1. The van der Waals surface area contributed by atoms with Gasteiger partial charge < -0.3 is 16.4 Å². The summed E-state index contributed by atoms with van der Waals surface area (Å²) in [6, 6.07) is 11.5. The minimum Gasteiger partial charge on any atom is -0.385 e. The molecule has 1 fully saturated rings. The summed E-state index contributed by atoms with van der Waals surface area (Å²) in [5.74, 6) is -0.00919. The first-order valence-electron chi connectivity index (χ1n) is 10.7. The summed E-state index contributed by atoms with van der Waals surface area (Å²) in [5.41, 5.74) is 11.7. The van der Waals surface area contributed by atoms with Crippen LogP contribution in [0.4, 0.5) is 11.5 Å². The monoisotopic (exact) mass is 415 g/mol. The van der Waals surface area contributed by atoms with Gasteiger partial charge in [-0.25, -0.2) is 4.68 Å². The molecule has 1 aliphatic heterocycles. The molecule has 158 valence electrons. The lowest BCUT2D eigenvalue weighted by Crippen LogP contribution is -2.25. The van der Waals surface area contributed by atoms with E-state index in [0.717, 1.165) is 43.5 Å². The lowest BCUT2D eigenvalue weighted by atomic mass is 9.98. The summed E-state index contributed by atoms with van der Waals surface area (Å²) in [4.78, 5) is 25.6. The van der Waals surface area contributed by atoms with E-state index in [0.29, 0.717) is 22.4 Å². The molecule has 2 aromatic carbocycles. The maximum Gasteiger partial charge on any atom is 0.251 e. The Balaban J connectivity index is 1.46. The largest absolute Gasteiger partial charge is 0.385 e. The maximum absolute atomic E-state index is 13.2. The average molecular weight is 415 g/mol. The highest BCUT2D eigenvalue weighted by Gasteiger charge is 2.25. The number of nitrogens with zero attached hydrogens (tertiary/aromatic N) is 2. The summed E-state index contributed by atoms with van der Waals surface area (Å²) in [6.45, 7) is 2.84. The number of carbonyl (C=O) groups is 2. The van der Waals surface area contributed by atoms with Crippen LogP contribution in [0.5, 0.6) is 0 Å². The smallest absolute Gasteiger partial charge is 0.251 e. The van der Waals surface area contributed by atoms with E-state index in [2.05, 4.69) is 15.7 Å². The van der Waals surface area contributed by atoms with E-state index < -0.39 is 0 Å². The zero-order valence-corrected chi connectivity index (χ0v) is 17.4. The van der Waals surface area contributed by atoms with Gasteiger partial charge in [0, 0.05) is 29.4 Å². The number of anilines is 2. The highest BCUT2D eigenvalue weighted by atomic mass is 16.1. The highest BCUT2D eigenvalue weighted by molar-refractivity contribution is 6.12. The second-order valence-electron chi connectivity index (χ2n) is 8.34. The van der Waals surface area contributed by atoms with Crippen LogP contribution in [0.15, 0.2) is 42.6 Å². The van der Waals surface area contributed by atoms with Crippen molar-refractivity contribution in [2.24, 2.45) is 0 Å². The third-order valence-corrected chi connectivity index (χ3v) is 5.97. The van der Waals surface area contributed by atoms with Crippen LogP contribution in [-0.4, -0.2) is 34.1 Å². The molecular formula is C24H25N5O2. The molecule has 4 N–H and O–H groups in total. The second kappa shape index (κ2) is 7.58. The molecule has 0 radical (unpaired) electrons. The van der Waals surface area contributed by atoms with Gasteiger partial charge >= 0.3 is 0 Å². The molecule has 0 bridgehead atoms. The van der Waals surface area contributed by atoms with Crippen molar-refractivity contribution in [1.29, 1.82) is 0 Å². The fourth-order valence-electron chi connectivity index (χ4n) is 3.96. The van der Waals surface area contributed by atoms with Gasteiger partial charge in [0.15, 0.2) is 5.78 Å². The number of hydrogen-bond donors (Lipinski definition) is 3. The SMILES string of the molecule is Cc1ccc(C(=O)NC2CC2)cc1-n1ncc(C(=O)c2ccc3c(c2)NCCC3)c1N. The molecule has 2 aliphatic rings. The van der Waals surface area contributed by atoms with E-state index >= 15 is 0 Å². The van der Waals surface area contributed by atoms with Crippen LogP contribution in [0.3, 0.4) is 0 Å². The molecule has 1 saturated carbocycles. The first-order valence-corrected chi connectivity index (χ1v) is 10.7. The van der Waals surface area contributed by atoms with Gasteiger partial charge in [-0.05, 0) is 61.9 Å². The minimum atomic E-state index is -0.167. The Morgan fingerprint density at radius 2 is 1.97 bits per heavy atom. The van der Waals surface area contributed by atoms with Crippen molar-refractivity contribution in [1.82, 2.24) is 15.1 Å². The lowest BCUT2D eigenvalue weighted by Gasteiger charge is -2.18. The number of aryl methyl sites for hydroxylation is 2. The van der Waals surface area contributed by atoms with E-state index in [4.69, 9.17) is 5.73 Å². The van der Waals surface area contributed by atoms with Gasteiger partial charge in [0.1, 0.15) is 5.82 Å². The predicted molar refractivity (Wildman–Crippen MR) is 120 cm³/mol. The van der Waals surface area contributed by atoms with Gasteiger partial charge in [-0.1, -0.05) is 18.2 Å². The van der Waals surface area contributed by atoms with Crippen molar-refractivity contribution in [2.45, 2.75) is 38.6 Å². The molecule has 1 aliphatic carbocycles. The summed E-state index contributed by atoms with van der Waals surface area (Å²) < 4.78 is 1.53. The van der Waals surface area contributed by atoms with Crippen LogP contribution < -0.4 is 16.4 Å². The molecule has 5 rings (SSSR count). The maximum atomic E-state index is 13.2. The average Bonchev–Trinajstić information content (AvgIpc) is 3.52. The molecular weight excluding hydrogens is 390 g/mol. The van der Waals surface area contributed by atoms with Crippen LogP contribution in [-0.2, 0) is 6.42 Å². The highest BCUT2D eigenvalue weighted by Crippen LogP contribution is 2.27. The van der Waals surface area contributed by atoms with E-state index in [9.17, 15) is 9.59 Å². The number of aromatic nitrogens is 2. The summed E-state index contributed by atoms with van der Waals surface area (Å²) in [6.07, 6.45) is 5.67. The topological polar surface area (TPSA) is 102 Å². The van der Waals surface area contributed by atoms with Crippen molar-refractivity contribution in [3.63, 3.8) is 0 Å². The van der Waals surface area contributed by atoms with E-state index in [-0.39, 0.29) is 23.6 Å². The Hall–Kier alpha value is -3.61. The molecule has 2 heterocycles. The standard InChI is InChI=1S/C24H25N5O2/c1-14-4-5-17(24(31)28-18-8-9-18)12-21(14)29-23(25)19(13-27-29)22(30)16-7-6-15-3-2-10-26-20(15)11-16/h4-7,11-13,18,26H,2-3,8-10,25H2,1H3,(H,28,31). The van der Waals surface area contributed by atoms with Crippen LogP contribution in [0.1, 0.15) is 56.7 Å². The normalized spacial score (nSPS) is 15.1.